The van der Waals surface area contributed by atoms with Gasteiger partial charge >= 0.3 is 0 Å². The van der Waals surface area contributed by atoms with Crippen molar-refractivity contribution < 1.29 is 12.8 Å². The highest BCUT2D eigenvalue weighted by atomic mass is 32.2. The number of fused-ring (bicyclic) bond motifs is 5. The number of furan rings is 1. The summed E-state index contributed by atoms with van der Waals surface area (Å²) in [5, 5.41) is 2.21. The molecule has 8 aromatic carbocycles. The van der Waals surface area contributed by atoms with E-state index < -0.39 is 9.84 Å². The average Bonchev–Trinajstić information content (AvgIpc) is 3.71. The van der Waals surface area contributed by atoms with Gasteiger partial charge in [0.05, 0.1) is 9.79 Å². The van der Waals surface area contributed by atoms with Gasteiger partial charge in [0, 0.05) is 33.2 Å². The van der Waals surface area contributed by atoms with E-state index in [9.17, 15) is 0 Å². The molecule has 2 aliphatic carbocycles. The van der Waals surface area contributed by atoms with Crippen molar-refractivity contribution in [3.05, 3.63) is 199 Å². The second kappa shape index (κ2) is 14.7. The fourth-order valence-electron chi connectivity index (χ4n) is 12.1. The number of para-hydroxylation sites is 1. The van der Waals surface area contributed by atoms with Crippen LogP contribution in [0.5, 0.6) is 0 Å². The maximum Gasteiger partial charge on any atom is 0.207 e. The molecule has 0 saturated heterocycles. The summed E-state index contributed by atoms with van der Waals surface area (Å²) in [5.74, 6) is 1.42. The van der Waals surface area contributed by atoms with Gasteiger partial charge in [0.2, 0.25) is 9.84 Å². The average molecular weight is 838 g/mol. The second-order valence-corrected chi connectivity index (χ2v) is 20.0. The first-order valence-electron chi connectivity index (χ1n) is 22.4. The molecular weight excluding hydrogens is 791 g/mol. The van der Waals surface area contributed by atoms with Gasteiger partial charge in [-0.15, -0.1) is 0 Å². The molecule has 2 bridgehead atoms. The van der Waals surface area contributed by atoms with E-state index in [1.165, 1.54) is 6.42 Å². The lowest BCUT2D eigenvalue weighted by Gasteiger charge is -2.57. The molecule has 1 aromatic heterocycles. The molecule has 2 saturated carbocycles. The van der Waals surface area contributed by atoms with Gasteiger partial charge in [-0.05, 0) is 143 Å². The van der Waals surface area contributed by atoms with E-state index in [2.05, 4.69) is 151 Å². The molecule has 9 aromatic rings. The molecule has 1 aliphatic heterocycles. The standard InChI is InChI=1S/C58H47NO3S/c1-38-34-42-17-12-18-43(35-38)58(42)51-24-8-10-27-55(51)63(60,61)56-37-46(32-33-52(56)58)59(45-19-11-16-41(36-45)39-14-3-2-4-15-39)44-30-28-40(29-31-44)47-20-5-6-21-48(47)49-23-13-26-54-57(49)50-22-7-9-25-53(50)62-54/h2-11,13-16,19-33,36-38,42-43H,12,17-18,34-35H2,1H3/t38?,42-,43+,58?. The summed E-state index contributed by atoms with van der Waals surface area (Å²) in [5.41, 5.74) is 12.8. The summed E-state index contributed by atoms with van der Waals surface area (Å²) in [6.45, 7) is 2.39. The molecule has 2 unspecified atom stereocenters. The Balaban J connectivity index is 1.02. The lowest BCUT2D eigenvalue weighted by atomic mass is 9.48. The molecule has 0 radical (unpaired) electrons. The number of benzene rings is 8. The van der Waals surface area contributed by atoms with Crippen molar-refractivity contribution >= 4 is 48.8 Å². The van der Waals surface area contributed by atoms with Gasteiger partial charge in [-0.25, -0.2) is 8.42 Å². The third-order valence-electron chi connectivity index (χ3n) is 14.6. The third-order valence-corrected chi connectivity index (χ3v) is 16.5. The Bertz CT molecular complexity index is 3320. The zero-order valence-electron chi connectivity index (χ0n) is 35.2. The fourth-order valence-corrected chi connectivity index (χ4v) is 14.0. The van der Waals surface area contributed by atoms with Crippen LogP contribution in [0.25, 0.3) is 55.3 Å². The van der Waals surface area contributed by atoms with Crippen LogP contribution in [0.1, 0.15) is 50.2 Å². The van der Waals surface area contributed by atoms with E-state index in [0.717, 1.165) is 109 Å². The van der Waals surface area contributed by atoms with Gasteiger partial charge in [0.1, 0.15) is 11.2 Å². The summed E-state index contributed by atoms with van der Waals surface area (Å²) in [6.07, 6.45) is 5.69. The van der Waals surface area contributed by atoms with Crippen molar-refractivity contribution in [2.24, 2.45) is 17.8 Å². The fraction of sp³-hybridized carbons (Fsp3) is 0.172. The molecule has 3 aliphatic rings. The minimum Gasteiger partial charge on any atom is -0.456 e. The van der Waals surface area contributed by atoms with Crippen molar-refractivity contribution in [1.82, 2.24) is 0 Å². The molecule has 0 amide bonds. The smallest absolute Gasteiger partial charge is 0.207 e. The molecule has 2 heterocycles. The maximum absolute atomic E-state index is 15.1. The zero-order chi connectivity index (χ0) is 42.3. The highest BCUT2D eigenvalue weighted by Gasteiger charge is 2.58. The lowest BCUT2D eigenvalue weighted by molar-refractivity contribution is 0.0488. The molecule has 12 rings (SSSR count). The van der Waals surface area contributed by atoms with E-state index in [1.807, 2.05) is 48.5 Å². The van der Waals surface area contributed by atoms with Crippen molar-refractivity contribution in [2.45, 2.75) is 54.2 Å². The monoisotopic (exact) mass is 837 g/mol. The minimum absolute atomic E-state index is 0.319. The summed E-state index contributed by atoms with van der Waals surface area (Å²) < 4.78 is 36.4. The predicted octanol–water partition coefficient (Wildman–Crippen LogP) is 15.3. The van der Waals surface area contributed by atoms with Crippen LogP contribution in [0.2, 0.25) is 0 Å². The van der Waals surface area contributed by atoms with Gasteiger partial charge in [0.25, 0.3) is 0 Å². The summed E-state index contributed by atoms with van der Waals surface area (Å²) in [4.78, 5) is 3.18. The Morgan fingerprint density at radius 1 is 0.508 bits per heavy atom. The molecule has 63 heavy (non-hydrogen) atoms. The maximum atomic E-state index is 15.1. The molecule has 0 N–H and O–H groups in total. The number of hydrogen-bond donors (Lipinski definition) is 0. The van der Waals surface area contributed by atoms with Crippen molar-refractivity contribution in [1.29, 1.82) is 0 Å². The summed E-state index contributed by atoms with van der Waals surface area (Å²) in [6, 6.07) is 65.2. The SMILES string of the molecule is CC1C[C@H]2CCC[C@@H](C1)C21c2ccccc2S(=O)(=O)c2cc(N(c3ccc(-c4ccccc4-c4cccc5oc6ccccc6c45)cc3)c3cccc(-c4ccccc4)c3)ccc21. The number of rotatable bonds is 6. The van der Waals surface area contributed by atoms with Crippen LogP contribution in [0.3, 0.4) is 0 Å². The zero-order valence-corrected chi connectivity index (χ0v) is 36.1. The van der Waals surface area contributed by atoms with Gasteiger partial charge < -0.3 is 9.32 Å². The van der Waals surface area contributed by atoms with Gasteiger partial charge in [-0.1, -0.05) is 147 Å². The largest absolute Gasteiger partial charge is 0.456 e. The van der Waals surface area contributed by atoms with E-state index in [1.54, 1.807) is 0 Å². The van der Waals surface area contributed by atoms with E-state index in [0.29, 0.717) is 27.5 Å². The predicted molar refractivity (Wildman–Crippen MR) is 257 cm³/mol. The van der Waals surface area contributed by atoms with Crippen LogP contribution in [-0.4, -0.2) is 8.42 Å². The van der Waals surface area contributed by atoms with Crippen molar-refractivity contribution in [3.63, 3.8) is 0 Å². The van der Waals surface area contributed by atoms with E-state index >= 15 is 8.42 Å². The highest BCUT2D eigenvalue weighted by Crippen LogP contribution is 2.63. The van der Waals surface area contributed by atoms with Crippen LogP contribution in [-0.2, 0) is 15.3 Å². The first-order valence-corrected chi connectivity index (χ1v) is 23.9. The Morgan fingerprint density at radius 2 is 1.13 bits per heavy atom. The van der Waals surface area contributed by atoms with Crippen molar-refractivity contribution in [3.8, 4) is 33.4 Å². The molecule has 1 spiro atoms. The molecule has 4 atom stereocenters. The Morgan fingerprint density at radius 3 is 1.95 bits per heavy atom. The van der Waals surface area contributed by atoms with Gasteiger partial charge in [-0.3, -0.25) is 0 Å². The normalized spacial score (nSPS) is 20.9. The Kier molecular flexibility index (Phi) is 8.88. The number of hydrogen-bond acceptors (Lipinski definition) is 4. The topological polar surface area (TPSA) is 50.5 Å². The Hall–Kier alpha value is -6.69. The van der Waals surface area contributed by atoms with Crippen LogP contribution in [0.4, 0.5) is 17.1 Å². The van der Waals surface area contributed by atoms with Gasteiger partial charge in [-0.2, -0.15) is 0 Å². The third kappa shape index (κ3) is 5.89. The van der Waals surface area contributed by atoms with Crippen LogP contribution in [0, 0.1) is 17.8 Å². The lowest BCUT2D eigenvalue weighted by Crippen LogP contribution is -2.53. The van der Waals surface area contributed by atoms with E-state index in [-0.39, 0.29) is 5.41 Å². The molecule has 2 fully saturated rings. The van der Waals surface area contributed by atoms with Crippen LogP contribution >= 0.6 is 0 Å². The second-order valence-electron chi connectivity index (χ2n) is 18.1. The number of nitrogens with zero attached hydrogens (tertiary/aromatic N) is 1. The Labute approximate surface area is 369 Å². The minimum atomic E-state index is -3.83. The van der Waals surface area contributed by atoms with Crippen molar-refractivity contribution in [2.75, 3.05) is 4.90 Å². The number of sulfone groups is 1. The van der Waals surface area contributed by atoms with Crippen LogP contribution in [0.15, 0.2) is 202 Å². The molecule has 308 valence electrons. The molecule has 5 heteroatoms. The van der Waals surface area contributed by atoms with Gasteiger partial charge in [0.15, 0.2) is 0 Å². The first kappa shape index (κ1) is 38.0. The summed E-state index contributed by atoms with van der Waals surface area (Å²) >= 11 is 0. The van der Waals surface area contributed by atoms with Crippen LogP contribution < -0.4 is 4.90 Å². The number of anilines is 3. The quantitative estimate of drug-likeness (QED) is 0.167. The molecule has 4 nitrogen and oxygen atoms in total. The highest BCUT2D eigenvalue weighted by molar-refractivity contribution is 7.91. The van der Waals surface area contributed by atoms with E-state index in [4.69, 9.17) is 4.42 Å². The first-order chi connectivity index (χ1) is 30.9. The molecular formula is C58H47NO3S. The summed E-state index contributed by atoms with van der Waals surface area (Å²) in [7, 11) is -3.83.